The van der Waals surface area contributed by atoms with Gasteiger partial charge in [0.05, 0.1) is 44.4 Å². The van der Waals surface area contributed by atoms with Crippen molar-refractivity contribution in [3.05, 3.63) is 59.2 Å². The third kappa shape index (κ3) is 3.43. The minimum atomic E-state index is -0.828. The molecule has 3 rings (SSSR count). The monoisotopic (exact) mass is 383 g/mol. The van der Waals surface area contributed by atoms with E-state index in [9.17, 15) is 14.4 Å². The number of rotatable bonds is 7. The maximum absolute atomic E-state index is 12.9. The Morgan fingerprint density at radius 3 is 2.11 bits per heavy atom. The number of methoxy groups -OCH3 is 2. The molecule has 7 heteroatoms. The van der Waals surface area contributed by atoms with Crippen molar-refractivity contribution < 1.29 is 28.6 Å². The summed E-state index contributed by atoms with van der Waals surface area (Å²) in [6.07, 6.45) is -0.158. The van der Waals surface area contributed by atoms with Crippen LogP contribution in [0.4, 0.5) is 0 Å². The van der Waals surface area contributed by atoms with Gasteiger partial charge >= 0.3 is 5.97 Å². The molecule has 1 aliphatic heterocycles. The van der Waals surface area contributed by atoms with E-state index in [1.165, 1.54) is 14.2 Å². The number of benzene rings is 2. The Morgan fingerprint density at radius 2 is 1.57 bits per heavy atom. The lowest BCUT2D eigenvalue weighted by molar-refractivity contribution is -0.144. The van der Waals surface area contributed by atoms with Crippen LogP contribution >= 0.6 is 0 Å². The molecule has 0 saturated heterocycles. The summed E-state index contributed by atoms with van der Waals surface area (Å²) >= 11 is 0. The van der Waals surface area contributed by atoms with E-state index in [-0.39, 0.29) is 13.0 Å². The first kappa shape index (κ1) is 19.4. The number of ether oxygens (including phenoxy) is 3. The highest BCUT2D eigenvalue weighted by Crippen LogP contribution is 2.37. The average Bonchev–Trinajstić information content (AvgIpc) is 2.96. The molecule has 2 aromatic carbocycles. The summed E-state index contributed by atoms with van der Waals surface area (Å²) in [5, 5.41) is 0. The van der Waals surface area contributed by atoms with E-state index in [1.54, 1.807) is 49.4 Å². The van der Waals surface area contributed by atoms with Crippen LogP contribution in [0.25, 0.3) is 0 Å². The van der Waals surface area contributed by atoms with Crippen molar-refractivity contribution in [2.24, 2.45) is 0 Å². The van der Waals surface area contributed by atoms with Gasteiger partial charge in [-0.15, -0.1) is 0 Å². The first-order valence-corrected chi connectivity index (χ1v) is 8.86. The van der Waals surface area contributed by atoms with Crippen molar-refractivity contribution in [2.75, 3.05) is 20.8 Å². The van der Waals surface area contributed by atoms with Gasteiger partial charge in [0, 0.05) is 0 Å². The Hall–Kier alpha value is -3.35. The van der Waals surface area contributed by atoms with E-state index in [4.69, 9.17) is 14.2 Å². The van der Waals surface area contributed by atoms with Crippen molar-refractivity contribution in [3.8, 4) is 11.5 Å². The predicted molar refractivity (Wildman–Crippen MR) is 100 cm³/mol. The smallest absolute Gasteiger partial charge is 0.308 e. The third-order valence-electron chi connectivity index (χ3n) is 4.59. The van der Waals surface area contributed by atoms with Crippen molar-refractivity contribution in [2.45, 2.75) is 19.4 Å². The van der Waals surface area contributed by atoms with Crippen LogP contribution in [-0.2, 0) is 9.53 Å². The first-order chi connectivity index (χ1) is 13.5. The molecule has 1 atom stereocenters. The van der Waals surface area contributed by atoms with Gasteiger partial charge < -0.3 is 14.2 Å². The highest BCUT2D eigenvalue weighted by Gasteiger charge is 2.41. The normalized spacial score (nSPS) is 13.9. The topological polar surface area (TPSA) is 82.1 Å². The van der Waals surface area contributed by atoms with Crippen LogP contribution in [0.1, 0.15) is 45.7 Å². The molecule has 2 amide bonds. The molecule has 2 aromatic rings. The van der Waals surface area contributed by atoms with Crippen LogP contribution in [0.2, 0.25) is 0 Å². The van der Waals surface area contributed by atoms with Gasteiger partial charge in [0.15, 0.2) is 11.5 Å². The van der Waals surface area contributed by atoms with Crippen LogP contribution < -0.4 is 9.47 Å². The second kappa shape index (κ2) is 8.12. The Labute approximate surface area is 162 Å². The first-order valence-electron chi connectivity index (χ1n) is 8.86. The zero-order chi connectivity index (χ0) is 20.3. The molecular weight excluding hydrogens is 362 g/mol. The lowest BCUT2D eigenvalue weighted by Gasteiger charge is -2.26. The minimum Gasteiger partial charge on any atom is -0.493 e. The lowest BCUT2D eigenvalue weighted by atomic mass is 10.0. The SMILES string of the molecule is CCOC(=O)CC(c1ccc(OC)c(OC)c1)N1C(=O)c2ccccc2C1=O. The van der Waals surface area contributed by atoms with Crippen LogP contribution in [0, 0.1) is 0 Å². The van der Waals surface area contributed by atoms with Gasteiger partial charge in [-0.2, -0.15) is 0 Å². The van der Waals surface area contributed by atoms with Gasteiger partial charge in [0.2, 0.25) is 0 Å². The quantitative estimate of drug-likeness (QED) is 0.540. The molecule has 0 radical (unpaired) electrons. The molecule has 1 aliphatic rings. The third-order valence-corrected chi connectivity index (χ3v) is 4.59. The number of carbonyl (C=O) groups excluding carboxylic acids is 3. The minimum absolute atomic E-state index is 0.158. The lowest BCUT2D eigenvalue weighted by Crippen LogP contribution is -2.35. The second-order valence-corrected chi connectivity index (χ2v) is 6.17. The van der Waals surface area contributed by atoms with Crippen molar-refractivity contribution >= 4 is 17.8 Å². The van der Waals surface area contributed by atoms with Gasteiger partial charge in [-0.25, -0.2) is 0 Å². The molecule has 28 heavy (non-hydrogen) atoms. The molecule has 0 saturated carbocycles. The maximum atomic E-state index is 12.9. The molecule has 0 fully saturated rings. The number of hydrogen-bond donors (Lipinski definition) is 0. The fourth-order valence-electron chi connectivity index (χ4n) is 3.29. The summed E-state index contributed by atoms with van der Waals surface area (Å²) in [6, 6.07) is 10.8. The van der Waals surface area contributed by atoms with E-state index >= 15 is 0 Å². The van der Waals surface area contributed by atoms with E-state index in [0.717, 1.165) is 4.90 Å². The number of carbonyl (C=O) groups is 3. The summed E-state index contributed by atoms with van der Waals surface area (Å²) in [4.78, 5) is 39.2. The summed E-state index contributed by atoms with van der Waals surface area (Å²) in [5.41, 5.74) is 1.21. The number of hydrogen-bond acceptors (Lipinski definition) is 6. The Bertz CT molecular complexity index is 888. The van der Waals surface area contributed by atoms with Crippen LogP contribution in [0.15, 0.2) is 42.5 Å². The zero-order valence-corrected chi connectivity index (χ0v) is 15.9. The molecule has 0 spiro atoms. The number of esters is 1. The summed E-state index contributed by atoms with van der Waals surface area (Å²) in [6.45, 7) is 1.91. The molecule has 0 N–H and O–H groups in total. The molecular formula is C21H21NO6. The van der Waals surface area contributed by atoms with E-state index < -0.39 is 23.8 Å². The number of imide groups is 1. The molecule has 1 heterocycles. The largest absolute Gasteiger partial charge is 0.493 e. The summed E-state index contributed by atoms with van der Waals surface area (Å²) < 4.78 is 15.6. The zero-order valence-electron chi connectivity index (χ0n) is 15.9. The summed E-state index contributed by atoms with van der Waals surface area (Å²) in [5.74, 6) is -0.442. The molecule has 0 aliphatic carbocycles. The maximum Gasteiger partial charge on any atom is 0.308 e. The van der Waals surface area contributed by atoms with Crippen LogP contribution in [0.5, 0.6) is 11.5 Å². The highest BCUT2D eigenvalue weighted by atomic mass is 16.5. The van der Waals surface area contributed by atoms with Crippen LogP contribution in [-0.4, -0.2) is 43.5 Å². The van der Waals surface area contributed by atoms with E-state index in [0.29, 0.717) is 28.2 Å². The van der Waals surface area contributed by atoms with Crippen molar-refractivity contribution in [3.63, 3.8) is 0 Å². The summed E-state index contributed by atoms with van der Waals surface area (Å²) in [7, 11) is 3.00. The second-order valence-electron chi connectivity index (χ2n) is 6.17. The van der Waals surface area contributed by atoms with Gasteiger partial charge in [-0.3, -0.25) is 19.3 Å². The van der Waals surface area contributed by atoms with Gasteiger partial charge in [-0.05, 0) is 36.8 Å². The Kier molecular flexibility index (Phi) is 5.63. The standard InChI is InChI=1S/C21H21NO6/c1-4-28-19(23)12-16(13-9-10-17(26-2)18(11-13)27-3)22-20(24)14-7-5-6-8-15(14)21(22)25/h5-11,16H,4,12H2,1-3H3. The van der Waals surface area contributed by atoms with Crippen LogP contribution in [0.3, 0.4) is 0 Å². The van der Waals surface area contributed by atoms with Gasteiger partial charge in [0.1, 0.15) is 0 Å². The van der Waals surface area contributed by atoms with Gasteiger partial charge in [-0.1, -0.05) is 18.2 Å². The number of fused-ring (bicyclic) bond motifs is 1. The molecule has 7 nitrogen and oxygen atoms in total. The Morgan fingerprint density at radius 1 is 0.964 bits per heavy atom. The van der Waals surface area contributed by atoms with Gasteiger partial charge in [0.25, 0.3) is 11.8 Å². The molecule has 146 valence electrons. The molecule has 0 aromatic heterocycles. The Balaban J connectivity index is 2.05. The molecule has 0 bridgehead atoms. The molecule has 1 unspecified atom stereocenters. The fourth-order valence-corrected chi connectivity index (χ4v) is 3.29. The van der Waals surface area contributed by atoms with Crippen molar-refractivity contribution in [1.82, 2.24) is 4.90 Å². The predicted octanol–water partition coefficient (Wildman–Crippen LogP) is 2.99. The number of nitrogens with zero attached hydrogens (tertiary/aromatic N) is 1. The number of amides is 2. The fraction of sp³-hybridized carbons (Fsp3) is 0.286. The van der Waals surface area contributed by atoms with E-state index in [1.807, 2.05) is 0 Å². The van der Waals surface area contributed by atoms with E-state index in [2.05, 4.69) is 0 Å². The highest BCUT2D eigenvalue weighted by molar-refractivity contribution is 6.21. The van der Waals surface area contributed by atoms with Crippen molar-refractivity contribution in [1.29, 1.82) is 0 Å². The average molecular weight is 383 g/mol.